The third kappa shape index (κ3) is 2.93. The number of hydrogen-bond acceptors (Lipinski definition) is 5. The summed E-state index contributed by atoms with van der Waals surface area (Å²) in [5, 5.41) is 13.1. The lowest BCUT2D eigenvalue weighted by Gasteiger charge is -2.03. The summed E-state index contributed by atoms with van der Waals surface area (Å²) in [5.74, 6) is -1.01. The molecule has 0 saturated heterocycles. The fourth-order valence-corrected chi connectivity index (χ4v) is 2.91. The second kappa shape index (κ2) is 6.13. The van der Waals surface area contributed by atoms with Crippen molar-refractivity contribution in [3.8, 4) is 11.3 Å². The molecule has 0 unspecified atom stereocenters. The molecule has 5 nitrogen and oxygen atoms in total. The first kappa shape index (κ1) is 14.5. The average molecular weight is 332 g/mol. The maximum Gasteiger partial charge on any atom is 0.348 e. The molecule has 3 rings (SSSR count). The Hall–Kier alpha value is -2.44. The Morgan fingerprint density at radius 3 is 2.64 bits per heavy atom. The van der Waals surface area contributed by atoms with Gasteiger partial charge in [0.05, 0.1) is 11.4 Å². The van der Waals surface area contributed by atoms with E-state index in [1.165, 1.54) is 0 Å². The van der Waals surface area contributed by atoms with E-state index < -0.39 is 5.97 Å². The molecule has 2 heterocycles. The lowest BCUT2D eigenvalue weighted by atomic mass is 10.1. The number of thiazole rings is 1. The van der Waals surface area contributed by atoms with Gasteiger partial charge in [0, 0.05) is 11.8 Å². The summed E-state index contributed by atoms with van der Waals surface area (Å²) in [4.78, 5) is 19.9. The van der Waals surface area contributed by atoms with E-state index in [0.717, 1.165) is 16.9 Å². The molecule has 0 bridgehead atoms. The molecule has 0 spiro atoms. The molecule has 0 radical (unpaired) electrons. The van der Waals surface area contributed by atoms with Crippen molar-refractivity contribution in [2.45, 2.75) is 0 Å². The third-order valence-corrected chi connectivity index (χ3v) is 4.13. The van der Waals surface area contributed by atoms with Crippen molar-refractivity contribution in [1.82, 2.24) is 9.97 Å². The first-order chi connectivity index (χ1) is 10.6. The maximum absolute atomic E-state index is 11.4. The van der Waals surface area contributed by atoms with Crippen molar-refractivity contribution in [3.05, 3.63) is 58.7 Å². The zero-order chi connectivity index (χ0) is 15.5. The highest BCUT2D eigenvalue weighted by Crippen LogP contribution is 2.33. The summed E-state index contributed by atoms with van der Waals surface area (Å²) >= 11 is 7.04. The minimum Gasteiger partial charge on any atom is -0.477 e. The number of nitrogens with zero attached hydrogens (tertiary/aromatic N) is 2. The third-order valence-electron chi connectivity index (χ3n) is 2.87. The van der Waals surface area contributed by atoms with Gasteiger partial charge in [-0.05, 0) is 12.1 Å². The van der Waals surface area contributed by atoms with Crippen LogP contribution in [-0.2, 0) is 0 Å². The first-order valence-electron chi connectivity index (χ1n) is 6.32. The summed E-state index contributed by atoms with van der Waals surface area (Å²) in [6.45, 7) is 0. The molecule has 0 aliphatic carbocycles. The number of carboxylic acids is 1. The number of carboxylic acid groups (broad SMARTS) is 1. The number of anilines is 2. The van der Waals surface area contributed by atoms with Crippen LogP contribution in [0.3, 0.4) is 0 Å². The molecule has 3 aromatic rings. The van der Waals surface area contributed by atoms with Gasteiger partial charge in [0.2, 0.25) is 0 Å². The molecule has 110 valence electrons. The van der Waals surface area contributed by atoms with Crippen molar-refractivity contribution < 1.29 is 9.90 Å². The summed E-state index contributed by atoms with van der Waals surface area (Å²) in [6, 6.07) is 12.7. The van der Waals surface area contributed by atoms with E-state index in [1.54, 1.807) is 18.3 Å². The van der Waals surface area contributed by atoms with Gasteiger partial charge in [-0.3, -0.25) is 0 Å². The molecular formula is C15H10ClN3O2S. The number of halogens is 1. The molecule has 7 heteroatoms. The number of pyridine rings is 1. The van der Waals surface area contributed by atoms with Gasteiger partial charge in [0.25, 0.3) is 0 Å². The Labute approximate surface area is 135 Å². The first-order valence-corrected chi connectivity index (χ1v) is 7.51. The lowest BCUT2D eigenvalue weighted by molar-refractivity contribution is 0.0702. The van der Waals surface area contributed by atoms with E-state index in [0.29, 0.717) is 21.7 Å². The molecular weight excluding hydrogens is 322 g/mol. The standard InChI is InChI=1S/C15H10ClN3O2S/c16-13-10(7-4-8-17-13)18-15-19-11(12(22-15)14(20)21)9-5-2-1-3-6-9/h1-8H,(H,18,19)(H,20,21). The van der Waals surface area contributed by atoms with Gasteiger partial charge in [-0.2, -0.15) is 0 Å². The van der Waals surface area contributed by atoms with Gasteiger partial charge in [-0.1, -0.05) is 53.3 Å². The number of carbonyl (C=O) groups is 1. The normalized spacial score (nSPS) is 10.4. The van der Waals surface area contributed by atoms with Crippen molar-refractivity contribution in [2.75, 3.05) is 5.32 Å². The number of rotatable bonds is 4. The quantitative estimate of drug-likeness (QED) is 0.697. The highest BCUT2D eigenvalue weighted by molar-refractivity contribution is 7.18. The summed E-state index contributed by atoms with van der Waals surface area (Å²) in [5.41, 5.74) is 1.76. The van der Waals surface area contributed by atoms with E-state index in [1.807, 2.05) is 30.3 Å². The largest absolute Gasteiger partial charge is 0.477 e. The summed E-state index contributed by atoms with van der Waals surface area (Å²) in [7, 11) is 0. The van der Waals surface area contributed by atoms with E-state index >= 15 is 0 Å². The predicted octanol–water partition coefficient (Wildman–Crippen LogP) is 4.30. The second-order valence-corrected chi connectivity index (χ2v) is 5.69. The topological polar surface area (TPSA) is 75.1 Å². The predicted molar refractivity (Wildman–Crippen MR) is 87.0 cm³/mol. The van der Waals surface area contributed by atoms with Gasteiger partial charge < -0.3 is 10.4 Å². The van der Waals surface area contributed by atoms with Crippen molar-refractivity contribution in [3.63, 3.8) is 0 Å². The van der Waals surface area contributed by atoms with E-state index in [-0.39, 0.29) is 4.88 Å². The molecule has 0 amide bonds. The van der Waals surface area contributed by atoms with Crippen LogP contribution in [0.25, 0.3) is 11.3 Å². The number of nitrogens with one attached hydrogen (secondary N) is 1. The molecule has 2 N–H and O–H groups in total. The summed E-state index contributed by atoms with van der Waals surface area (Å²) < 4.78 is 0. The van der Waals surface area contributed by atoms with Crippen LogP contribution in [0, 0.1) is 0 Å². The van der Waals surface area contributed by atoms with Gasteiger partial charge in [-0.25, -0.2) is 14.8 Å². The van der Waals surface area contributed by atoms with Crippen LogP contribution >= 0.6 is 22.9 Å². The Morgan fingerprint density at radius 2 is 1.95 bits per heavy atom. The van der Waals surface area contributed by atoms with E-state index in [2.05, 4.69) is 15.3 Å². The molecule has 0 aliphatic heterocycles. The number of aromatic nitrogens is 2. The van der Waals surface area contributed by atoms with E-state index in [9.17, 15) is 9.90 Å². The number of hydrogen-bond donors (Lipinski definition) is 2. The maximum atomic E-state index is 11.4. The van der Waals surface area contributed by atoms with Crippen LogP contribution in [0.15, 0.2) is 48.7 Å². The smallest absolute Gasteiger partial charge is 0.348 e. The summed E-state index contributed by atoms with van der Waals surface area (Å²) in [6.07, 6.45) is 1.58. The minimum absolute atomic E-state index is 0.175. The van der Waals surface area contributed by atoms with Crippen LogP contribution in [-0.4, -0.2) is 21.0 Å². The molecule has 0 aliphatic rings. The monoisotopic (exact) mass is 331 g/mol. The van der Waals surface area contributed by atoms with Crippen molar-refractivity contribution in [1.29, 1.82) is 0 Å². The highest BCUT2D eigenvalue weighted by Gasteiger charge is 2.19. The SMILES string of the molecule is O=C(O)c1sc(Nc2cccnc2Cl)nc1-c1ccccc1. The Morgan fingerprint density at radius 1 is 1.18 bits per heavy atom. The lowest BCUT2D eigenvalue weighted by Crippen LogP contribution is -1.95. The van der Waals surface area contributed by atoms with Crippen LogP contribution in [0.1, 0.15) is 9.67 Å². The van der Waals surface area contributed by atoms with Gasteiger partial charge in [0.1, 0.15) is 4.88 Å². The minimum atomic E-state index is -1.01. The van der Waals surface area contributed by atoms with Crippen LogP contribution in [0.2, 0.25) is 5.15 Å². The van der Waals surface area contributed by atoms with Crippen molar-refractivity contribution in [2.24, 2.45) is 0 Å². The van der Waals surface area contributed by atoms with E-state index in [4.69, 9.17) is 11.6 Å². The molecule has 0 atom stereocenters. The zero-order valence-corrected chi connectivity index (χ0v) is 12.7. The van der Waals surface area contributed by atoms with Gasteiger partial charge >= 0.3 is 5.97 Å². The fraction of sp³-hybridized carbons (Fsp3) is 0. The Bertz CT molecular complexity index is 821. The average Bonchev–Trinajstić information content (AvgIpc) is 2.95. The Balaban J connectivity index is 2.01. The van der Waals surface area contributed by atoms with Crippen LogP contribution in [0.5, 0.6) is 0 Å². The molecule has 1 aromatic carbocycles. The zero-order valence-electron chi connectivity index (χ0n) is 11.2. The molecule has 2 aromatic heterocycles. The number of aromatic carboxylic acids is 1. The van der Waals surface area contributed by atoms with Crippen LogP contribution in [0.4, 0.5) is 10.8 Å². The van der Waals surface area contributed by atoms with Crippen LogP contribution < -0.4 is 5.32 Å². The molecule has 0 fully saturated rings. The fourth-order valence-electron chi connectivity index (χ4n) is 1.90. The van der Waals surface area contributed by atoms with Gasteiger partial charge in [0.15, 0.2) is 10.3 Å². The molecule has 0 saturated carbocycles. The van der Waals surface area contributed by atoms with Gasteiger partial charge in [-0.15, -0.1) is 0 Å². The highest BCUT2D eigenvalue weighted by atomic mass is 35.5. The number of benzene rings is 1. The van der Waals surface area contributed by atoms with Crippen molar-refractivity contribution >= 4 is 39.7 Å². The molecule has 22 heavy (non-hydrogen) atoms. The Kier molecular flexibility index (Phi) is 4.04. The second-order valence-electron chi connectivity index (χ2n) is 4.33.